The molecule has 1 atom stereocenters. The van der Waals surface area contributed by atoms with Gasteiger partial charge in [0.2, 0.25) is 0 Å². The second-order valence-corrected chi connectivity index (χ2v) is 10.2. The van der Waals surface area contributed by atoms with Crippen molar-refractivity contribution in [2.24, 2.45) is 4.99 Å². The highest BCUT2D eigenvalue weighted by molar-refractivity contribution is 7.90. The molecule has 2 N–H and O–H groups in total. The first-order valence-electron chi connectivity index (χ1n) is 10.3. The van der Waals surface area contributed by atoms with Crippen molar-refractivity contribution in [2.75, 3.05) is 32.1 Å². The third kappa shape index (κ3) is 9.06. The van der Waals surface area contributed by atoms with Crippen LogP contribution in [0.25, 0.3) is 0 Å². The molecular formula is C21H36N4O2S. The van der Waals surface area contributed by atoms with Gasteiger partial charge in [0, 0.05) is 32.4 Å². The highest BCUT2D eigenvalue weighted by Gasteiger charge is 2.11. The largest absolute Gasteiger partial charge is 0.354 e. The number of hydrogen-bond acceptors (Lipinski definition) is 4. The van der Waals surface area contributed by atoms with Crippen molar-refractivity contribution in [3.05, 3.63) is 35.4 Å². The number of benzene rings is 1. The molecule has 0 bridgehead atoms. The number of sulfone groups is 1. The van der Waals surface area contributed by atoms with Gasteiger partial charge in [0.15, 0.2) is 5.96 Å². The van der Waals surface area contributed by atoms with E-state index in [2.05, 4.69) is 44.8 Å². The molecule has 158 valence electrons. The Morgan fingerprint density at radius 1 is 1.11 bits per heavy atom. The van der Waals surface area contributed by atoms with E-state index < -0.39 is 9.84 Å². The number of rotatable bonds is 8. The van der Waals surface area contributed by atoms with Gasteiger partial charge in [-0.15, -0.1) is 0 Å². The van der Waals surface area contributed by atoms with Crippen LogP contribution in [0.1, 0.15) is 50.2 Å². The third-order valence-corrected chi connectivity index (χ3v) is 6.09. The predicted molar refractivity (Wildman–Crippen MR) is 117 cm³/mol. The summed E-state index contributed by atoms with van der Waals surface area (Å²) in [4.78, 5) is 6.79. The number of hydrogen-bond donors (Lipinski definition) is 2. The molecule has 1 saturated heterocycles. The summed E-state index contributed by atoms with van der Waals surface area (Å²) >= 11 is 0. The first-order chi connectivity index (χ1) is 13.4. The van der Waals surface area contributed by atoms with Crippen LogP contribution in [0.15, 0.2) is 29.3 Å². The molecule has 6 nitrogen and oxygen atoms in total. The molecule has 1 unspecified atom stereocenters. The summed E-state index contributed by atoms with van der Waals surface area (Å²) in [6.07, 6.45) is 7.19. The molecule has 1 heterocycles. The van der Waals surface area contributed by atoms with E-state index in [-0.39, 0.29) is 11.8 Å². The molecule has 1 aromatic carbocycles. The van der Waals surface area contributed by atoms with Crippen LogP contribution in [0.3, 0.4) is 0 Å². The van der Waals surface area contributed by atoms with Crippen molar-refractivity contribution < 1.29 is 8.42 Å². The van der Waals surface area contributed by atoms with Crippen LogP contribution in [-0.4, -0.2) is 57.5 Å². The van der Waals surface area contributed by atoms with E-state index in [1.54, 1.807) is 7.05 Å². The molecule has 1 aromatic rings. The maximum atomic E-state index is 11.3. The first kappa shape index (κ1) is 22.7. The Bertz CT molecular complexity index is 708. The van der Waals surface area contributed by atoms with Gasteiger partial charge in [-0.25, -0.2) is 8.42 Å². The van der Waals surface area contributed by atoms with Crippen molar-refractivity contribution >= 4 is 15.8 Å². The zero-order chi connectivity index (χ0) is 20.4. The molecule has 7 heteroatoms. The molecular weight excluding hydrogens is 372 g/mol. The molecule has 0 aromatic heterocycles. The van der Waals surface area contributed by atoms with Gasteiger partial charge in [-0.1, -0.05) is 37.1 Å². The molecule has 1 fully saturated rings. The van der Waals surface area contributed by atoms with Gasteiger partial charge in [-0.05, 0) is 50.4 Å². The van der Waals surface area contributed by atoms with Crippen LogP contribution < -0.4 is 10.6 Å². The van der Waals surface area contributed by atoms with Gasteiger partial charge in [0.05, 0.1) is 5.75 Å². The molecule has 1 aliphatic heterocycles. The second-order valence-electron chi connectivity index (χ2n) is 7.90. The standard InChI is InChI=1S/C21H36N4O2S/c1-18(12-15-28(3,26)27)24-21(22-2)23-16-19-8-10-20(11-9-19)17-25-13-6-4-5-7-14-25/h8-11,18H,4-7,12-17H2,1-3H3,(H2,22,23,24). The van der Waals surface area contributed by atoms with Gasteiger partial charge >= 0.3 is 0 Å². The molecule has 28 heavy (non-hydrogen) atoms. The number of aliphatic imine (C=N–C) groups is 1. The fourth-order valence-corrected chi connectivity index (χ4v) is 4.17. The van der Waals surface area contributed by atoms with Crippen LogP contribution >= 0.6 is 0 Å². The fraction of sp³-hybridized carbons (Fsp3) is 0.667. The summed E-state index contributed by atoms with van der Waals surface area (Å²) in [6, 6.07) is 8.80. The molecule has 2 rings (SSSR count). The van der Waals surface area contributed by atoms with E-state index in [1.165, 1.54) is 56.2 Å². The summed E-state index contributed by atoms with van der Waals surface area (Å²) in [7, 11) is -1.21. The maximum absolute atomic E-state index is 11.3. The van der Waals surface area contributed by atoms with Crippen LogP contribution in [0, 0.1) is 0 Å². The van der Waals surface area contributed by atoms with Crippen molar-refractivity contribution in [1.82, 2.24) is 15.5 Å². The van der Waals surface area contributed by atoms with Crippen molar-refractivity contribution in [1.29, 1.82) is 0 Å². The van der Waals surface area contributed by atoms with Crippen LogP contribution in [0.5, 0.6) is 0 Å². The normalized spacial score (nSPS) is 17.8. The van der Waals surface area contributed by atoms with Gasteiger partial charge in [0.25, 0.3) is 0 Å². The van der Waals surface area contributed by atoms with Crippen LogP contribution in [-0.2, 0) is 22.9 Å². The van der Waals surface area contributed by atoms with Crippen LogP contribution in [0.4, 0.5) is 0 Å². The lowest BCUT2D eigenvalue weighted by Crippen LogP contribution is -2.42. The molecule has 0 spiro atoms. The average molecular weight is 409 g/mol. The zero-order valence-electron chi connectivity index (χ0n) is 17.6. The monoisotopic (exact) mass is 408 g/mol. The summed E-state index contributed by atoms with van der Waals surface area (Å²) in [5.74, 6) is 0.867. The Labute approximate surface area is 170 Å². The minimum Gasteiger partial charge on any atom is -0.354 e. The second kappa shape index (κ2) is 11.4. The molecule has 0 radical (unpaired) electrons. The molecule has 0 aliphatic carbocycles. The van der Waals surface area contributed by atoms with Gasteiger partial charge in [-0.2, -0.15) is 0 Å². The van der Waals surface area contributed by atoms with Crippen molar-refractivity contribution in [3.63, 3.8) is 0 Å². The van der Waals surface area contributed by atoms with Gasteiger partial charge < -0.3 is 10.6 Å². The Kier molecular flexibility index (Phi) is 9.25. The average Bonchev–Trinajstić information content (AvgIpc) is 2.92. The van der Waals surface area contributed by atoms with Crippen molar-refractivity contribution in [3.8, 4) is 0 Å². The fourth-order valence-electron chi connectivity index (χ4n) is 3.39. The summed E-state index contributed by atoms with van der Waals surface area (Å²) in [5, 5.41) is 6.55. The maximum Gasteiger partial charge on any atom is 0.191 e. The lowest BCUT2D eigenvalue weighted by Gasteiger charge is -2.20. The molecule has 0 saturated carbocycles. The minimum absolute atomic E-state index is 0.0388. The van der Waals surface area contributed by atoms with Crippen LogP contribution in [0.2, 0.25) is 0 Å². The van der Waals surface area contributed by atoms with Gasteiger partial charge in [0.1, 0.15) is 9.84 Å². The summed E-state index contributed by atoms with van der Waals surface area (Å²) < 4.78 is 22.6. The smallest absolute Gasteiger partial charge is 0.191 e. The number of nitrogens with zero attached hydrogens (tertiary/aromatic N) is 2. The van der Waals surface area contributed by atoms with E-state index >= 15 is 0 Å². The Morgan fingerprint density at radius 2 is 1.71 bits per heavy atom. The molecule has 0 amide bonds. The van der Waals surface area contributed by atoms with E-state index in [0.29, 0.717) is 18.9 Å². The lowest BCUT2D eigenvalue weighted by molar-refractivity contribution is 0.277. The number of guanidine groups is 1. The Balaban J connectivity index is 1.77. The zero-order valence-corrected chi connectivity index (χ0v) is 18.4. The van der Waals surface area contributed by atoms with Gasteiger partial charge in [-0.3, -0.25) is 9.89 Å². The molecule has 1 aliphatic rings. The van der Waals surface area contributed by atoms with E-state index in [0.717, 1.165) is 6.54 Å². The van der Waals surface area contributed by atoms with E-state index in [1.807, 2.05) is 6.92 Å². The highest BCUT2D eigenvalue weighted by Crippen LogP contribution is 2.14. The topological polar surface area (TPSA) is 73.8 Å². The first-order valence-corrected chi connectivity index (χ1v) is 12.4. The number of nitrogens with one attached hydrogen (secondary N) is 2. The van der Waals surface area contributed by atoms with E-state index in [4.69, 9.17) is 0 Å². The van der Waals surface area contributed by atoms with Crippen molar-refractivity contribution in [2.45, 2.75) is 58.2 Å². The predicted octanol–water partition coefficient (Wildman–Crippen LogP) is 2.55. The summed E-state index contributed by atoms with van der Waals surface area (Å²) in [5.41, 5.74) is 2.56. The summed E-state index contributed by atoms with van der Waals surface area (Å²) in [6.45, 7) is 6.11. The SMILES string of the molecule is CN=C(NCc1ccc(CN2CCCCCC2)cc1)NC(C)CCS(C)(=O)=O. The Hall–Kier alpha value is -1.60. The third-order valence-electron chi connectivity index (χ3n) is 5.12. The number of likely N-dealkylation sites (tertiary alicyclic amines) is 1. The minimum atomic E-state index is -2.94. The Morgan fingerprint density at radius 3 is 2.29 bits per heavy atom. The lowest BCUT2D eigenvalue weighted by atomic mass is 10.1. The van der Waals surface area contributed by atoms with E-state index in [9.17, 15) is 8.42 Å². The highest BCUT2D eigenvalue weighted by atomic mass is 32.2. The quantitative estimate of drug-likeness (QED) is 0.511.